The molecule has 0 radical (unpaired) electrons. The van der Waals surface area contributed by atoms with Crippen LogP contribution in [0.15, 0.2) is 59.1 Å². The molecule has 0 aliphatic carbocycles. The van der Waals surface area contributed by atoms with E-state index in [0.29, 0.717) is 5.82 Å². The van der Waals surface area contributed by atoms with Crippen LogP contribution in [0.3, 0.4) is 0 Å². The van der Waals surface area contributed by atoms with Crippen molar-refractivity contribution in [1.29, 1.82) is 0 Å². The smallest absolute Gasteiger partial charge is 0.337 e. The fraction of sp³-hybridized carbons (Fsp3) is 0.118. The Bertz CT molecular complexity index is 1060. The van der Waals surface area contributed by atoms with Gasteiger partial charge in [0, 0.05) is 11.1 Å². The number of hydrogen-bond donors (Lipinski definition) is 0. The molecule has 0 aliphatic heterocycles. The highest BCUT2D eigenvalue weighted by atomic mass is 19.4. The number of benzene rings is 2. The van der Waals surface area contributed by atoms with Crippen LogP contribution in [0.1, 0.15) is 11.5 Å². The second-order valence-corrected chi connectivity index (χ2v) is 5.60. The van der Waals surface area contributed by atoms with Gasteiger partial charge in [-0.25, -0.2) is 0 Å². The maximum Gasteiger partial charge on any atom is 0.416 e. The molecule has 2 aromatic heterocycles. The molecule has 4 aromatic rings. The van der Waals surface area contributed by atoms with Gasteiger partial charge in [0.2, 0.25) is 11.6 Å². The summed E-state index contributed by atoms with van der Waals surface area (Å²) in [6.07, 6.45) is -4.44. The molecule has 0 spiro atoms. The average molecular weight is 372 g/mol. The third-order valence-corrected chi connectivity index (χ3v) is 3.68. The molecule has 0 saturated carbocycles. The predicted octanol–water partition coefficient (Wildman–Crippen LogP) is 3.46. The highest BCUT2D eigenvalue weighted by Crippen LogP contribution is 2.31. The lowest BCUT2D eigenvalue weighted by Gasteiger charge is -2.06. The Hall–Kier alpha value is -3.56. The normalized spacial score (nSPS) is 11.7. The van der Waals surface area contributed by atoms with Crippen LogP contribution in [0.5, 0.6) is 0 Å². The van der Waals surface area contributed by atoms with Gasteiger partial charge in [-0.3, -0.25) is 0 Å². The van der Waals surface area contributed by atoms with Gasteiger partial charge in [-0.05, 0) is 17.3 Å². The maximum absolute atomic E-state index is 12.8. The lowest BCUT2D eigenvalue weighted by atomic mass is 10.1. The Kier molecular flexibility index (Phi) is 4.15. The van der Waals surface area contributed by atoms with Crippen LogP contribution in [0.25, 0.3) is 22.8 Å². The monoisotopic (exact) mass is 372 g/mol. The molecule has 4 rings (SSSR count). The molecule has 0 aliphatic rings. The van der Waals surface area contributed by atoms with Gasteiger partial charge in [0.1, 0.15) is 6.54 Å². The van der Waals surface area contributed by atoms with Crippen LogP contribution >= 0.6 is 0 Å². The minimum atomic E-state index is -4.44. The van der Waals surface area contributed by atoms with E-state index in [1.54, 1.807) is 0 Å². The van der Waals surface area contributed by atoms with Crippen LogP contribution in [0.2, 0.25) is 0 Å². The third kappa shape index (κ3) is 3.68. The Morgan fingerprint density at radius 1 is 0.926 bits per heavy atom. The van der Waals surface area contributed by atoms with Crippen molar-refractivity contribution in [3.63, 3.8) is 0 Å². The highest BCUT2D eigenvalue weighted by Gasteiger charge is 2.30. The zero-order chi connectivity index (χ0) is 18.9. The van der Waals surface area contributed by atoms with Gasteiger partial charge in [-0.2, -0.15) is 23.0 Å². The summed E-state index contributed by atoms with van der Waals surface area (Å²) >= 11 is 0. The standard InChI is InChI=1S/C17H11F3N6O/c18-17(19,20)13-8-4-7-12(9-13)15-21-14(27-24-15)10-26-23-16(22-25-26)11-5-2-1-3-6-11/h1-9H,10H2. The van der Waals surface area contributed by atoms with E-state index in [0.717, 1.165) is 17.7 Å². The van der Waals surface area contributed by atoms with E-state index in [2.05, 4.69) is 25.6 Å². The van der Waals surface area contributed by atoms with Crippen molar-refractivity contribution in [2.75, 3.05) is 0 Å². The van der Waals surface area contributed by atoms with Crippen LogP contribution in [0, 0.1) is 0 Å². The molecule has 0 atom stereocenters. The molecule has 0 N–H and O–H groups in total. The second kappa shape index (κ2) is 6.63. The van der Waals surface area contributed by atoms with Crippen molar-refractivity contribution in [3.8, 4) is 22.8 Å². The maximum atomic E-state index is 12.8. The van der Waals surface area contributed by atoms with Crippen molar-refractivity contribution in [1.82, 2.24) is 30.3 Å². The van der Waals surface area contributed by atoms with E-state index >= 15 is 0 Å². The molecule has 7 nitrogen and oxygen atoms in total. The molecule has 2 aromatic carbocycles. The van der Waals surface area contributed by atoms with Gasteiger partial charge < -0.3 is 4.52 Å². The van der Waals surface area contributed by atoms with Gasteiger partial charge in [-0.15, -0.1) is 10.2 Å². The summed E-state index contributed by atoms with van der Waals surface area (Å²) in [6, 6.07) is 14.0. The van der Waals surface area contributed by atoms with E-state index < -0.39 is 11.7 Å². The lowest BCUT2D eigenvalue weighted by Crippen LogP contribution is -2.05. The molecule has 10 heteroatoms. The summed E-state index contributed by atoms with van der Waals surface area (Å²) < 4.78 is 43.6. The summed E-state index contributed by atoms with van der Waals surface area (Å²) in [4.78, 5) is 5.38. The lowest BCUT2D eigenvalue weighted by molar-refractivity contribution is -0.137. The number of alkyl halides is 3. The molecule has 0 unspecified atom stereocenters. The first-order valence-electron chi connectivity index (χ1n) is 7.82. The number of halogens is 3. The van der Waals surface area contributed by atoms with E-state index in [-0.39, 0.29) is 23.8 Å². The minimum Gasteiger partial charge on any atom is -0.337 e. The number of rotatable bonds is 4. The van der Waals surface area contributed by atoms with Crippen LogP contribution < -0.4 is 0 Å². The summed E-state index contributed by atoms with van der Waals surface area (Å²) in [6.45, 7) is 0.0474. The van der Waals surface area contributed by atoms with E-state index in [9.17, 15) is 13.2 Å². The van der Waals surface area contributed by atoms with Gasteiger partial charge in [0.25, 0.3) is 5.89 Å². The van der Waals surface area contributed by atoms with Crippen LogP contribution in [0.4, 0.5) is 13.2 Å². The second-order valence-electron chi connectivity index (χ2n) is 5.60. The summed E-state index contributed by atoms with van der Waals surface area (Å²) in [5.74, 6) is 0.645. The summed E-state index contributed by atoms with van der Waals surface area (Å²) in [5.41, 5.74) is 0.229. The number of aromatic nitrogens is 6. The molecular weight excluding hydrogens is 361 g/mol. The largest absolute Gasteiger partial charge is 0.416 e. The van der Waals surface area contributed by atoms with Crippen molar-refractivity contribution in [3.05, 3.63) is 66.1 Å². The van der Waals surface area contributed by atoms with Crippen LogP contribution in [-0.2, 0) is 12.7 Å². The Balaban J connectivity index is 1.53. The first-order valence-corrected chi connectivity index (χ1v) is 7.82. The average Bonchev–Trinajstić information content (AvgIpc) is 3.32. The van der Waals surface area contributed by atoms with Crippen molar-refractivity contribution in [2.24, 2.45) is 0 Å². The van der Waals surface area contributed by atoms with Crippen molar-refractivity contribution in [2.45, 2.75) is 12.7 Å². The number of hydrogen-bond acceptors (Lipinski definition) is 6. The molecule has 0 amide bonds. The molecule has 0 saturated heterocycles. The first kappa shape index (κ1) is 16.9. The molecule has 136 valence electrons. The van der Waals surface area contributed by atoms with E-state index in [1.165, 1.54) is 16.9 Å². The fourth-order valence-corrected chi connectivity index (χ4v) is 2.40. The molecule has 0 bridgehead atoms. The Morgan fingerprint density at radius 2 is 1.70 bits per heavy atom. The zero-order valence-electron chi connectivity index (χ0n) is 13.6. The van der Waals surface area contributed by atoms with Crippen molar-refractivity contribution < 1.29 is 17.7 Å². The van der Waals surface area contributed by atoms with Crippen LogP contribution in [-0.4, -0.2) is 30.3 Å². The van der Waals surface area contributed by atoms with Gasteiger partial charge in [0.05, 0.1) is 5.56 Å². The fourth-order valence-electron chi connectivity index (χ4n) is 2.40. The van der Waals surface area contributed by atoms with Gasteiger partial charge in [0.15, 0.2) is 0 Å². The third-order valence-electron chi connectivity index (χ3n) is 3.68. The SMILES string of the molecule is FC(F)(F)c1cccc(-c2noc(Cn3nnc(-c4ccccc4)n3)n2)c1. The summed E-state index contributed by atoms with van der Waals surface area (Å²) in [5, 5.41) is 15.8. The minimum absolute atomic E-state index is 0.0474. The highest BCUT2D eigenvalue weighted by molar-refractivity contribution is 5.56. The molecule has 2 heterocycles. The molecular formula is C17H11F3N6O. The zero-order valence-corrected chi connectivity index (χ0v) is 13.6. The Labute approximate surface area is 150 Å². The topological polar surface area (TPSA) is 82.5 Å². The van der Waals surface area contributed by atoms with Crippen molar-refractivity contribution >= 4 is 0 Å². The van der Waals surface area contributed by atoms with Gasteiger partial charge in [-0.1, -0.05) is 47.6 Å². The summed E-state index contributed by atoms with van der Waals surface area (Å²) in [7, 11) is 0. The molecule has 0 fully saturated rings. The van der Waals surface area contributed by atoms with Gasteiger partial charge >= 0.3 is 6.18 Å². The quantitative estimate of drug-likeness (QED) is 0.546. The first-order chi connectivity index (χ1) is 13.0. The van der Waals surface area contributed by atoms with E-state index in [1.807, 2.05) is 30.3 Å². The Morgan fingerprint density at radius 3 is 2.48 bits per heavy atom. The number of nitrogens with zero attached hydrogens (tertiary/aromatic N) is 6. The molecule has 27 heavy (non-hydrogen) atoms. The van der Waals surface area contributed by atoms with E-state index in [4.69, 9.17) is 4.52 Å². The number of tetrazole rings is 1. The predicted molar refractivity (Wildman–Crippen MR) is 87.1 cm³/mol.